The Labute approximate surface area is 154 Å². The van der Waals surface area contributed by atoms with Crippen molar-refractivity contribution in [2.75, 3.05) is 25.4 Å². The summed E-state index contributed by atoms with van der Waals surface area (Å²) < 4.78 is 5.32. The van der Waals surface area contributed by atoms with E-state index in [1.165, 1.54) is 11.1 Å². The molecule has 6 heteroatoms. The highest BCUT2D eigenvalue weighted by Crippen LogP contribution is 2.34. The van der Waals surface area contributed by atoms with E-state index < -0.39 is 5.41 Å². The molecule has 1 N–H and O–H groups in total. The molecule has 0 atom stereocenters. The summed E-state index contributed by atoms with van der Waals surface area (Å²) in [5.74, 6) is 0.570. The Morgan fingerprint density at radius 1 is 1.30 bits per heavy atom. The zero-order valence-electron chi connectivity index (χ0n) is 13.9. The quantitative estimate of drug-likeness (QED) is 0.486. The predicted octanol–water partition coefficient (Wildman–Crippen LogP) is 4.13. The first-order valence-electron chi connectivity index (χ1n) is 7.70. The van der Waals surface area contributed by atoms with Gasteiger partial charge in [0.15, 0.2) is 0 Å². The largest absolute Gasteiger partial charge is 0.464 e. The third kappa shape index (κ3) is 5.86. The van der Waals surface area contributed by atoms with Crippen LogP contribution >= 0.6 is 35.8 Å². The molecule has 0 saturated carbocycles. The number of hydrogen-bond acceptors (Lipinski definition) is 4. The lowest BCUT2D eigenvalue weighted by Crippen LogP contribution is -2.23. The first kappa shape index (κ1) is 20.6. The van der Waals surface area contributed by atoms with Gasteiger partial charge in [-0.1, -0.05) is 17.7 Å². The summed E-state index contributed by atoms with van der Waals surface area (Å²) in [7, 11) is 0. The molecule has 1 aromatic rings. The van der Waals surface area contributed by atoms with E-state index in [-0.39, 0.29) is 18.4 Å². The van der Waals surface area contributed by atoms with Crippen molar-refractivity contribution in [3.8, 4) is 0 Å². The summed E-state index contributed by atoms with van der Waals surface area (Å²) in [4.78, 5) is 12.9. The second kappa shape index (κ2) is 9.16. The molecular weight excluding hydrogens is 353 g/mol. The normalized spacial score (nSPS) is 14.4. The van der Waals surface area contributed by atoms with Crippen molar-refractivity contribution in [1.29, 1.82) is 0 Å². The lowest BCUT2D eigenvalue weighted by Gasteiger charge is -2.17. The summed E-state index contributed by atoms with van der Waals surface area (Å²) >= 11 is 8.07. The average Bonchev–Trinajstić information content (AvgIpc) is 2.69. The van der Waals surface area contributed by atoms with E-state index in [4.69, 9.17) is 16.3 Å². The number of fused-ring (bicyclic) bond motifs is 1. The fourth-order valence-electron chi connectivity index (χ4n) is 2.36. The van der Waals surface area contributed by atoms with Crippen LogP contribution in [-0.2, 0) is 22.4 Å². The number of nitrogens with one attached hydrogen (secondary N) is 1. The molecule has 3 nitrogen and oxygen atoms in total. The van der Waals surface area contributed by atoms with Crippen LogP contribution in [0.15, 0.2) is 17.0 Å². The fourth-order valence-corrected chi connectivity index (χ4v) is 3.69. The van der Waals surface area contributed by atoms with Crippen LogP contribution < -0.4 is 5.32 Å². The lowest BCUT2D eigenvalue weighted by molar-refractivity contribution is -0.152. The molecule has 0 fully saturated rings. The highest BCUT2D eigenvalue weighted by molar-refractivity contribution is 7.99. The van der Waals surface area contributed by atoms with E-state index in [1.54, 1.807) is 11.8 Å². The predicted molar refractivity (Wildman–Crippen MR) is 100 cm³/mol. The fraction of sp³-hybridized carbons (Fsp3) is 0.588. The Morgan fingerprint density at radius 3 is 2.70 bits per heavy atom. The molecule has 0 spiro atoms. The monoisotopic (exact) mass is 377 g/mol. The molecule has 1 aliphatic heterocycles. The lowest BCUT2D eigenvalue weighted by atomic mass is 9.97. The number of carbonyl (C=O) groups is 1. The minimum atomic E-state index is -0.447. The van der Waals surface area contributed by atoms with Gasteiger partial charge in [0.1, 0.15) is 6.61 Å². The molecule has 0 radical (unpaired) electrons. The zero-order valence-corrected chi connectivity index (χ0v) is 16.3. The number of thioether (sulfide) groups is 1. The summed E-state index contributed by atoms with van der Waals surface area (Å²) in [5, 5.41) is 4.22. The van der Waals surface area contributed by atoms with Crippen molar-refractivity contribution in [2.45, 2.75) is 38.5 Å². The Bertz CT molecular complexity index is 544. The van der Waals surface area contributed by atoms with Gasteiger partial charge in [-0.2, -0.15) is 0 Å². The number of rotatable bonds is 4. The maximum Gasteiger partial charge on any atom is 0.311 e. The van der Waals surface area contributed by atoms with Crippen LogP contribution in [0.4, 0.5) is 0 Å². The third-order valence-corrected chi connectivity index (χ3v) is 5.16. The van der Waals surface area contributed by atoms with Gasteiger partial charge < -0.3 is 10.1 Å². The first-order chi connectivity index (χ1) is 10.4. The van der Waals surface area contributed by atoms with E-state index in [0.29, 0.717) is 6.61 Å². The van der Waals surface area contributed by atoms with Crippen LogP contribution in [0.1, 0.15) is 31.9 Å². The molecule has 1 heterocycles. The molecule has 0 saturated heterocycles. The van der Waals surface area contributed by atoms with Gasteiger partial charge in [-0.3, -0.25) is 4.79 Å². The van der Waals surface area contributed by atoms with Crippen molar-refractivity contribution in [3.63, 3.8) is 0 Å². The number of ether oxygens (including phenoxy) is 1. The number of esters is 1. The molecule has 2 rings (SSSR count). The minimum absolute atomic E-state index is 0. The maximum absolute atomic E-state index is 11.8. The van der Waals surface area contributed by atoms with Gasteiger partial charge in [0, 0.05) is 10.6 Å². The Balaban J connectivity index is 0.00000264. The molecule has 1 aromatic carbocycles. The van der Waals surface area contributed by atoms with Crippen LogP contribution in [0.3, 0.4) is 0 Å². The van der Waals surface area contributed by atoms with Crippen molar-refractivity contribution < 1.29 is 9.53 Å². The van der Waals surface area contributed by atoms with E-state index in [2.05, 4.69) is 11.4 Å². The molecule has 0 bridgehead atoms. The highest BCUT2D eigenvalue weighted by Gasteiger charge is 2.23. The van der Waals surface area contributed by atoms with Crippen LogP contribution in [0.25, 0.3) is 0 Å². The maximum atomic E-state index is 11.8. The van der Waals surface area contributed by atoms with Gasteiger partial charge in [0.25, 0.3) is 0 Å². The molecule has 1 aliphatic rings. The molecule has 0 unspecified atom stereocenters. The third-order valence-electron chi connectivity index (χ3n) is 3.61. The molecule has 0 aliphatic carbocycles. The highest BCUT2D eigenvalue weighted by atomic mass is 35.5. The SMILES string of the molecule is CC(C)(C)C(=O)OCCSc1c(Cl)ccc2c1CCNCC2.Cl. The summed E-state index contributed by atoms with van der Waals surface area (Å²) in [5.41, 5.74) is 2.28. The Morgan fingerprint density at radius 2 is 2.00 bits per heavy atom. The smallest absolute Gasteiger partial charge is 0.311 e. The van der Waals surface area contributed by atoms with Gasteiger partial charge in [0.2, 0.25) is 0 Å². The average molecular weight is 378 g/mol. The van der Waals surface area contributed by atoms with Crippen LogP contribution in [0.5, 0.6) is 0 Å². The van der Waals surface area contributed by atoms with Crippen molar-refractivity contribution in [2.24, 2.45) is 5.41 Å². The van der Waals surface area contributed by atoms with E-state index >= 15 is 0 Å². The van der Waals surface area contributed by atoms with Gasteiger partial charge in [0.05, 0.1) is 10.4 Å². The molecule has 130 valence electrons. The number of benzene rings is 1. The topological polar surface area (TPSA) is 38.3 Å². The second-order valence-corrected chi connectivity index (χ2v) is 8.01. The molecular formula is C17H25Cl2NO2S. The minimum Gasteiger partial charge on any atom is -0.464 e. The standard InChI is InChI=1S/C17H24ClNO2S.ClH/c1-17(2,3)16(20)21-10-11-22-15-13-7-9-19-8-6-12(13)4-5-14(15)18;/h4-5,19H,6-11H2,1-3H3;1H. The van der Waals surface area contributed by atoms with E-state index in [0.717, 1.165) is 41.6 Å². The number of halogens is 2. The molecule has 0 aromatic heterocycles. The first-order valence-corrected chi connectivity index (χ1v) is 9.07. The summed E-state index contributed by atoms with van der Waals surface area (Å²) in [6.45, 7) is 8.01. The molecule has 0 amide bonds. The van der Waals surface area contributed by atoms with Crippen molar-refractivity contribution in [1.82, 2.24) is 5.32 Å². The second-order valence-electron chi connectivity index (χ2n) is 6.50. The molecule has 23 heavy (non-hydrogen) atoms. The van der Waals surface area contributed by atoms with Gasteiger partial charge in [-0.25, -0.2) is 0 Å². The van der Waals surface area contributed by atoms with Crippen LogP contribution in [0, 0.1) is 5.41 Å². The van der Waals surface area contributed by atoms with Crippen molar-refractivity contribution in [3.05, 3.63) is 28.3 Å². The number of carbonyl (C=O) groups excluding carboxylic acids is 1. The van der Waals surface area contributed by atoms with Gasteiger partial charge in [-0.05, 0) is 63.9 Å². The van der Waals surface area contributed by atoms with E-state index in [9.17, 15) is 4.79 Å². The number of hydrogen-bond donors (Lipinski definition) is 1. The Hall–Kier alpha value is -0.420. The van der Waals surface area contributed by atoms with Crippen LogP contribution in [0.2, 0.25) is 5.02 Å². The van der Waals surface area contributed by atoms with Gasteiger partial charge in [-0.15, -0.1) is 24.2 Å². The van der Waals surface area contributed by atoms with E-state index in [1.807, 2.05) is 26.8 Å². The van der Waals surface area contributed by atoms with Crippen LogP contribution in [-0.4, -0.2) is 31.4 Å². The Kier molecular flexibility index (Phi) is 8.22. The summed E-state index contributed by atoms with van der Waals surface area (Å²) in [6.07, 6.45) is 2.04. The van der Waals surface area contributed by atoms with Gasteiger partial charge >= 0.3 is 5.97 Å². The van der Waals surface area contributed by atoms with Crippen molar-refractivity contribution >= 4 is 41.7 Å². The zero-order chi connectivity index (χ0) is 16.2. The summed E-state index contributed by atoms with van der Waals surface area (Å²) in [6, 6.07) is 4.11.